The molecule has 7 nitrogen and oxygen atoms in total. The molecule has 0 unspecified atom stereocenters. The fourth-order valence-corrected chi connectivity index (χ4v) is 3.63. The van der Waals surface area contributed by atoms with Crippen molar-refractivity contribution in [2.45, 2.75) is 6.61 Å². The molecule has 2 amide bonds. The highest BCUT2D eigenvalue weighted by molar-refractivity contribution is 7.14. The molecule has 0 atom stereocenters. The number of aromatic nitrogens is 1. The molecule has 0 aliphatic carbocycles. The lowest BCUT2D eigenvalue weighted by Crippen LogP contribution is -2.23. The first-order valence-corrected chi connectivity index (χ1v) is 9.74. The smallest absolute Gasteiger partial charge is 0.414 e. The molecule has 0 spiro atoms. The third-order valence-electron chi connectivity index (χ3n) is 4.31. The molecule has 0 saturated carbocycles. The van der Waals surface area contributed by atoms with Crippen molar-refractivity contribution in [2.75, 3.05) is 23.4 Å². The molecule has 1 N–H and O–H groups in total. The molecule has 3 aromatic rings. The molecular formula is C20H15F2N3O4S. The topological polar surface area (TPSA) is 80.8 Å². The van der Waals surface area contributed by atoms with Gasteiger partial charge in [0.05, 0.1) is 12.2 Å². The number of anilines is 2. The summed E-state index contributed by atoms with van der Waals surface area (Å²) >= 11 is 1.16. The van der Waals surface area contributed by atoms with Crippen molar-refractivity contribution in [3.8, 4) is 17.0 Å². The molecule has 1 saturated heterocycles. The third kappa shape index (κ3) is 4.23. The summed E-state index contributed by atoms with van der Waals surface area (Å²) in [6, 6.07) is 12.8. The van der Waals surface area contributed by atoms with Gasteiger partial charge >= 0.3 is 12.7 Å². The van der Waals surface area contributed by atoms with Crippen LogP contribution in [0.1, 0.15) is 10.4 Å². The Balaban J connectivity index is 1.46. The largest absolute Gasteiger partial charge is 0.447 e. The van der Waals surface area contributed by atoms with Gasteiger partial charge in [0, 0.05) is 22.2 Å². The van der Waals surface area contributed by atoms with Gasteiger partial charge in [0.15, 0.2) is 5.13 Å². The number of nitrogens with one attached hydrogen (secondary N) is 1. The van der Waals surface area contributed by atoms with E-state index in [4.69, 9.17) is 4.74 Å². The van der Waals surface area contributed by atoms with Crippen LogP contribution in [0.4, 0.5) is 24.4 Å². The van der Waals surface area contributed by atoms with E-state index in [1.54, 1.807) is 47.8 Å². The van der Waals surface area contributed by atoms with E-state index in [0.717, 1.165) is 11.3 Å². The second-order valence-electron chi connectivity index (χ2n) is 6.18. The summed E-state index contributed by atoms with van der Waals surface area (Å²) in [4.78, 5) is 29.9. The predicted octanol–water partition coefficient (Wildman–Crippen LogP) is 4.62. The van der Waals surface area contributed by atoms with Crippen LogP contribution < -0.4 is 15.0 Å². The van der Waals surface area contributed by atoms with Crippen LogP contribution in [0.3, 0.4) is 0 Å². The van der Waals surface area contributed by atoms with Crippen LogP contribution in [0.25, 0.3) is 11.3 Å². The third-order valence-corrected chi connectivity index (χ3v) is 5.06. The van der Waals surface area contributed by atoms with E-state index in [1.165, 1.54) is 11.0 Å². The summed E-state index contributed by atoms with van der Waals surface area (Å²) in [5.41, 5.74) is 1.83. The summed E-state index contributed by atoms with van der Waals surface area (Å²) in [5.74, 6) is -0.379. The van der Waals surface area contributed by atoms with Gasteiger partial charge in [-0.15, -0.1) is 11.3 Å². The Morgan fingerprint density at radius 3 is 2.67 bits per heavy atom. The number of cyclic esters (lactones) is 1. The number of thiazole rings is 1. The molecule has 30 heavy (non-hydrogen) atoms. The molecule has 1 aliphatic heterocycles. The maximum Gasteiger partial charge on any atom is 0.414 e. The van der Waals surface area contributed by atoms with Gasteiger partial charge in [0.1, 0.15) is 12.4 Å². The number of halogens is 2. The second-order valence-corrected chi connectivity index (χ2v) is 7.04. The number of ether oxygens (including phenoxy) is 2. The molecule has 0 radical (unpaired) electrons. The van der Waals surface area contributed by atoms with Crippen LogP contribution in [-0.2, 0) is 4.74 Å². The molecule has 1 fully saturated rings. The van der Waals surface area contributed by atoms with E-state index in [1.807, 2.05) is 0 Å². The van der Waals surface area contributed by atoms with Crippen LogP contribution in [-0.4, -0.2) is 36.7 Å². The van der Waals surface area contributed by atoms with Gasteiger partial charge in [0.25, 0.3) is 5.91 Å². The van der Waals surface area contributed by atoms with E-state index in [0.29, 0.717) is 40.8 Å². The Hall–Kier alpha value is -3.53. The molecule has 4 rings (SSSR count). The number of para-hydroxylation sites is 1. The van der Waals surface area contributed by atoms with Crippen molar-refractivity contribution < 1.29 is 27.8 Å². The second kappa shape index (κ2) is 8.46. The van der Waals surface area contributed by atoms with Gasteiger partial charge in [-0.1, -0.05) is 12.1 Å². The van der Waals surface area contributed by atoms with Crippen LogP contribution in [0.15, 0.2) is 53.9 Å². The first-order chi connectivity index (χ1) is 14.5. The Morgan fingerprint density at radius 2 is 1.97 bits per heavy atom. The Bertz CT molecular complexity index is 1070. The Labute approximate surface area is 173 Å². The quantitative estimate of drug-likeness (QED) is 0.616. The van der Waals surface area contributed by atoms with Crippen molar-refractivity contribution in [3.05, 3.63) is 59.5 Å². The number of nitrogens with zero attached hydrogens (tertiary/aromatic N) is 2. The highest BCUT2D eigenvalue weighted by atomic mass is 32.1. The number of benzene rings is 2. The minimum absolute atomic E-state index is 0.00621. The number of rotatable bonds is 6. The van der Waals surface area contributed by atoms with Gasteiger partial charge in [-0.2, -0.15) is 8.78 Å². The van der Waals surface area contributed by atoms with Crippen LogP contribution in [0, 0.1) is 0 Å². The van der Waals surface area contributed by atoms with Gasteiger partial charge in [-0.25, -0.2) is 9.78 Å². The summed E-state index contributed by atoms with van der Waals surface area (Å²) in [6.45, 7) is -2.16. The van der Waals surface area contributed by atoms with E-state index < -0.39 is 12.7 Å². The number of carbonyl (C=O) groups is 2. The van der Waals surface area contributed by atoms with E-state index in [9.17, 15) is 18.4 Å². The van der Waals surface area contributed by atoms with E-state index in [-0.39, 0.29) is 11.7 Å². The van der Waals surface area contributed by atoms with Gasteiger partial charge in [0.2, 0.25) is 0 Å². The molecule has 10 heteroatoms. The SMILES string of the molecule is O=C(Nc1nc(-c2ccccc2OC(F)F)cs1)c1ccc(N2CCOC2=O)cc1. The lowest BCUT2D eigenvalue weighted by atomic mass is 10.1. The van der Waals surface area contributed by atoms with Gasteiger partial charge in [-0.05, 0) is 36.4 Å². The van der Waals surface area contributed by atoms with Crippen LogP contribution >= 0.6 is 11.3 Å². The predicted molar refractivity (Wildman–Crippen MR) is 107 cm³/mol. The summed E-state index contributed by atoms with van der Waals surface area (Å²) in [6.07, 6.45) is -0.418. The highest BCUT2D eigenvalue weighted by Gasteiger charge is 2.23. The maximum atomic E-state index is 12.6. The van der Waals surface area contributed by atoms with Crippen LogP contribution in [0.5, 0.6) is 5.75 Å². The number of amides is 2. The summed E-state index contributed by atoms with van der Waals surface area (Å²) in [7, 11) is 0. The lowest BCUT2D eigenvalue weighted by molar-refractivity contribution is -0.0494. The zero-order valence-corrected chi connectivity index (χ0v) is 16.2. The molecule has 1 aromatic heterocycles. The molecule has 2 heterocycles. The highest BCUT2D eigenvalue weighted by Crippen LogP contribution is 2.33. The number of hydrogen-bond donors (Lipinski definition) is 1. The summed E-state index contributed by atoms with van der Waals surface area (Å²) in [5, 5.41) is 4.64. The van der Waals surface area contributed by atoms with Crippen molar-refractivity contribution >= 4 is 34.2 Å². The molecule has 2 aromatic carbocycles. The first-order valence-electron chi connectivity index (χ1n) is 8.87. The average molecular weight is 431 g/mol. The molecule has 0 bridgehead atoms. The molecule has 154 valence electrons. The zero-order chi connectivity index (χ0) is 21.1. The monoisotopic (exact) mass is 431 g/mol. The Kier molecular flexibility index (Phi) is 5.57. The zero-order valence-electron chi connectivity index (χ0n) is 15.4. The number of hydrogen-bond acceptors (Lipinski definition) is 6. The minimum Gasteiger partial charge on any atom is -0.447 e. The fourth-order valence-electron chi connectivity index (χ4n) is 2.92. The van der Waals surface area contributed by atoms with Crippen molar-refractivity contribution in [1.82, 2.24) is 4.98 Å². The summed E-state index contributed by atoms with van der Waals surface area (Å²) < 4.78 is 34.6. The standard InChI is InChI=1S/C20H15F2N3O4S/c21-18(22)29-16-4-2-1-3-14(16)15-11-30-19(23-15)24-17(26)12-5-7-13(8-6-12)25-9-10-28-20(25)27/h1-8,11,18H,9-10H2,(H,23,24,26). The van der Waals surface area contributed by atoms with Gasteiger partial charge < -0.3 is 9.47 Å². The molecule has 1 aliphatic rings. The number of carbonyl (C=O) groups excluding carboxylic acids is 2. The van der Waals surface area contributed by atoms with Crippen molar-refractivity contribution in [2.24, 2.45) is 0 Å². The maximum absolute atomic E-state index is 12.6. The number of alkyl halides is 2. The fraction of sp³-hybridized carbons (Fsp3) is 0.150. The first kappa shape index (κ1) is 19.8. The van der Waals surface area contributed by atoms with E-state index >= 15 is 0 Å². The normalized spacial score (nSPS) is 13.4. The average Bonchev–Trinajstić information content (AvgIpc) is 3.37. The van der Waals surface area contributed by atoms with Crippen LogP contribution in [0.2, 0.25) is 0 Å². The van der Waals surface area contributed by atoms with Crippen molar-refractivity contribution in [1.29, 1.82) is 0 Å². The lowest BCUT2D eigenvalue weighted by Gasteiger charge is -2.12. The van der Waals surface area contributed by atoms with Crippen molar-refractivity contribution in [3.63, 3.8) is 0 Å². The molecular weight excluding hydrogens is 416 g/mol. The Morgan fingerprint density at radius 1 is 1.20 bits per heavy atom. The van der Waals surface area contributed by atoms with Gasteiger partial charge in [-0.3, -0.25) is 15.0 Å². The minimum atomic E-state index is -2.95. The van der Waals surface area contributed by atoms with E-state index in [2.05, 4.69) is 15.0 Å².